The molecule has 0 atom stereocenters. The van der Waals surface area contributed by atoms with Crippen LogP contribution in [0.2, 0.25) is 0 Å². The lowest BCUT2D eigenvalue weighted by molar-refractivity contribution is 0.474. The van der Waals surface area contributed by atoms with Gasteiger partial charge in [0, 0.05) is 17.4 Å². The Morgan fingerprint density at radius 1 is 0.743 bits per heavy atom. The van der Waals surface area contributed by atoms with Crippen LogP contribution in [-0.4, -0.2) is 23.9 Å². The molecule has 0 fully saturated rings. The number of hydrogen-bond acceptors (Lipinski definition) is 4. The second kappa shape index (κ2) is 6.67. The van der Waals surface area contributed by atoms with Gasteiger partial charge in [-0.3, -0.25) is 8.97 Å². The minimum Gasteiger partial charge on any atom is -0.453 e. The van der Waals surface area contributed by atoms with Gasteiger partial charge < -0.3 is 4.74 Å². The molecule has 1 aliphatic heterocycles. The van der Waals surface area contributed by atoms with Crippen LogP contribution in [-0.2, 0) is 6.42 Å². The molecule has 0 saturated carbocycles. The molecule has 0 saturated heterocycles. The van der Waals surface area contributed by atoms with Crippen LogP contribution in [0.25, 0.3) is 55.7 Å². The van der Waals surface area contributed by atoms with E-state index < -0.39 is 0 Å². The zero-order valence-electron chi connectivity index (χ0n) is 18.9. The van der Waals surface area contributed by atoms with Crippen LogP contribution in [0.4, 0.5) is 0 Å². The van der Waals surface area contributed by atoms with Gasteiger partial charge in [0.2, 0.25) is 0 Å². The Labute approximate surface area is 200 Å². The van der Waals surface area contributed by atoms with E-state index in [-0.39, 0.29) is 0 Å². The van der Waals surface area contributed by atoms with E-state index in [1.54, 1.807) is 0 Å². The first kappa shape index (κ1) is 18.7. The third-order valence-corrected chi connectivity index (χ3v) is 6.86. The van der Waals surface area contributed by atoms with Crippen molar-refractivity contribution in [1.82, 2.24) is 23.9 Å². The summed E-state index contributed by atoms with van der Waals surface area (Å²) in [6.07, 6.45) is 0.802. The van der Waals surface area contributed by atoms with Gasteiger partial charge in [0.1, 0.15) is 28.3 Å². The second-order valence-corrected chi connectivity index (χ2v) is 8.81. The smallest absolute Gasteiger partial charge is 0.153 e. The fourth-order valence-electron chi connectivity index (χ4n) is 5.33. The first-order valence-electron chi connectivity index (χ1n) is 11.8. The summed E-state index contributed by atoms with van der Waals surface area (Å²) in [5, 5.41) is 1.03. The van der Waals surface area contributed by atoms with Crippen molar-refractivity contribution in [3.05, 3.63) is 90.8 Å². The lowest BCUT2D eigenvalue weighted by Gasteiger charge is -2.21. The van der Waals surface area contributed by atoms with Crippen molar-refractivity contribution < 1.29 is 4.74 Å². The standard InChI is InChI=1S/C29H19N5O/c1-2-25-32-26-18(15-16-24-27(26)33(25)22-13-7-8-14-23(22)35-24)29-30-19-10-4-3-9-17(19)28-31-20-11-5-6-12-21(20)34(28)29/h3-16H,2H2,1H3. The van der Waals surface area contributed by atoms with Gasteiger partial charge in [-0.1, -0.05) is 43.3 Å². The van der Waals surface area contributed by atoms with E-state index in [4.69, 9.17) is 19.7 Å². The average Bonchev–Trinajstić information content (AvgIpc) is 3.49. The Kier molecular flexibility index (Phi) is 3.56. The van der Waals surface area contributed by atoms with Gasteiger partial charge in [-0.15, -0.1) is 0 Å². The maximum atomic E-state index is 6.31. The molecule has 0 unspecified atom stereocenters. The van der Waals surface area contributed by atoms with Crippen molar-refractivity contribution in [2.75, 3.05) is 0 Å². The normalized spacial score (nSPS) is 12.5. The van der Waals surface area contributed by atoms with Crippen LogP contribution in [0.1, 0.15) is 12.7 Å². The average molecular weight is 454 g/mol. The maximum Gasteiger partial charge on any atom is 0.153 e. The minimum absolute atomic E-state index is 0.802. The van der Waals surface area contributed by atoms with Crippen LogP contribution in [0.5, 0.6) is 11.5 Å². The number of hydrogen-bond donors (Lipinski definition) is 0. The van der Waals surface area contributed by atoms with E-state index in [1.165, 1.54) is 0 Å². The van der Waals surface area contributed by atoms with Crippen molar-refractivity contribution in [3.63, 3.8) is 0 Å². The molecule has 4 aromatic carbocycles. The topological polar surface area (TPSA) is 57.2 Å². The minimum atomic E-state index is 0.802. The highest BCUT2D eigenvalue weighted by Crippen LogP contribution is 2.44. The highest BCUT2D eigenvalue weighted by molar-refractivity contribution is 6.02. The molecule has 7 aromatic rings. The van der Waals surface area contributed by atoms with Crippen molar-refractivity contribution >= 4 is 38.6 Å². The number of aryl methyl sites for hydroxylation is 1. The molecule has 6 nitrogen and oxygen atoms in total. The summed E-state index contributed by atoms with van der Waals surface area (Å²) < 4.78 is 10.7. The second-order valence-electron chi connectivity index (χ2n) is 8.81. The molecule has 4 heterocycles. The molecule has 0 N–H and O–H groups in total. The van der Waals surface area contributed by atoms with Crippen molar-refractivity contribution in [2.45, 2.75) is 13.3 Å². The molecule has 0 aliphatic carbocycles. The van der Waals surface area contributed by atoms with E-state index in [1.807, 2.05) is 60.7 Å². The molecule has 166 valence electrons. The van der Waals surface area contributed by atoms with Crippen molar-refractivity contribution in [1.29, 1.82) is 0 Å². The number of para-hydroxylation sites is 5. The summed E-state index contributed by atoms with van der Waals surface area (Å²) in [6, 6.07) is 28.6. The van der Waals surface area contributed by atoms with Gasteiger partial charge in [-0.2, -0.15) is 0 Å². The van der Waals surface area contributed by atoms with Crippen LogP contribution in [0, 0.1) is 0 Å². The molecule has 0 radical (unpaired) electrons. The van der Waals surface area contributed by atoms with E-state index in [9.17, 15) is 0 Å². The number of aromatic nitrogens is 5. The number of benzene rings is 4. The van der Waals surface area contributed by atoms with Gasteiger partial charge in [0.25, 0.3) is 0 Å². The predicted molar refractivity (Wildman–Crippen MR) is 138 cm³/mol. The number of imidazole rings is 2. The Morgan fingerprint density at radius 2 is 1.54 bits per heavy atom. The Hall–Kier alpha value is -4.71. The van der Waals surface area contributed by atoms with Gasteiger partial charge in [0.05, 0.1) is 22.2 Å². The quantitative estimate of drug-likeness (QED) is 0.292. The molecule has 1 aliphatic rings. The maximum absolute atomic E-state index is 6.31. The molecular weight excluding hydrogens is 434 g/mol. The highest BCUT2D eigenvalue weighted by Gasteiger charge is 2.27. The number of ether oxygens (including phenoxy) is 1. The third kappa shape index (κ3) is 2.40. The van der Waals surface area contributed by atoms with E-state index >= 15 is 0 Å². The molecular formula is C29H19N5O. The Balaban J connectivity index is 1.55. The predicted octanol–water partition coefficient (Wildman–Crippen LogP) is 6.71. The monoisotopic (exact) mass is 453 g/mol. The summed E-state index contributed by atoms with van der Waals surface area (Å²) >= 11 is 0. The summed E-state index contributed by atoms with van der Waals surface area (Å²) in [7, 11) is 0. The Morgan fingerprint density at radius 3 is 2.46 bits per heavy atom. The molecule has 6 heteroatoms. The SMILES string of the molecule is CCc1nc2c(-c3nc4ccccc4c4nc5ccccc5n34)ccc3c2n1-c1ccccc1O3. The fraction of sp³-hybridized carbons (Fsp3) is 0.0690. The first-order valence-corrected chi connectivity index (χ1v) is 11.8. The van der Waals surface area contributed by atoms with Gasteiger partial charge in [-0.25, -0.2) is 15.0 Å². The third-order valence-electron chi connectivity index (χ3n) is 6.86. The fourth-order valence-corrected chi connectivity index (χ4v) is 5.33. The molecule has 8 rings (SSSR count). The zero-order valence-corrected chi connectivity index (χ0v) is 18.9. The lowest BCUT2D eigenvalue weighted by atomic mass is 10.1. The molecule has 0 bridgehead atoms. The number of rotatable bonds is 2. The van der Waals surface area contributed by atoms with Crippen molar-refractivity contribution in [2.24, 2.45) is 0 Å². The summed E-state index contributed by atoms with van der Waals surface area (Å²) in [6.45, 7) is 2.14. The van der Waals surface area contributed by atoms with Crippen LogP contribution in [0.15, 0.2) is 84.9 Å². The van der Waals surface area contributed by atoms with E-state index in [0.29, 0.717) is 0 Å². The van der Waals surface area contributed by atoms with Gasteiger partial charge in [-0.05, 0) is 48.5 Å². The summed E-state index contributed by atoms with van der Waals surface area (Å²) in [5.74, 6) is 3.47. The zero-order chi connectivity index (χ0) is 23.1. The van der Waals surface area contributed by atoms with Crippen molar-refractivity contribution in [3.8, 4) is 28.6 Å². The largest absolute Gasteiger partial charge is 0.453 e. The number of nitrogens with zero attached hydrogens (tertiary/aromatic N) is 5. The van der Waals surface area contributed by atoms with Crippen LogP contribution in [0.3, 0.4) is 0 Å². The summed E-state index contributed by atoms with van der Waals surface area (Å²) in [5.41, 5.74) is 7.61. The highest BCUT2D eigenvalue weighted by atomic mass is 16.5. The van der Waals surface area contributed by atoms with E-state index in [2.05, 4.69) is 40.2 Å². The molecule has 3 aromatic heterocycles. The number of fused-ring (bicyclic) bond motifs is 7. The van der Waals surface area contributed by atoms with Crippen LogP contribution < -0.4 is 4.74 Å². The summed E-state index contributed by atoms with van der Waals surface area (Å²) in [4.78, 5) is 15.3. The van der Waals surface area contributed by atoms with E-state index in [0.717, 1.165) is 79.4 Å². The van der Waals surface area contributed by atoms with Gasteiger partial charge >= 0.3 is 0 Å². The molecule has 0 spiro atoms. The first-order chi connectivity index (χ1) is 17.3. The van der Waals surface area contributed by atoms with Crippen LogP contribution >= 0.6 is 0 Å². The molecule has 0 amide bonds. The van der Waals surface area contributed by atoms with Gasteiger partial charge in [0.15, 0.2) is 11.5 Å². The Bertz CT molecular complexity index is 1980. The molecule has 35 heavy (non-hydrogen) atoms. The lowest BCUT2D eigenvalue weighted by Crippen LogP contribution is -2.07.